The van der Waals surface area contributed by atoms with E-state index >= 15 is 0 Å². The number of amides is 1. The first-order chi connectivity index (χ1) is 17.6. The fourth-order valence-electron chi connectivity index (χ4n) is 4.79. The molecule has 4 rings (SSSR count). The number of nitrogens with zero attached hydrogens (tertiary/aromatic N) is 3. The lowest BCUT2D eigenvalue weighted by molar-refractivity contribution is -0.120. The van der Waals surface area contributed by atoms with Crippen LogP contribution >= 0.6 is 0 Å². The number of hydrogen-bond acceptors (Lipinski definition) is 6. The van der Waals surface area contributed by atoms with E-state index in [4.69, 9.17) is 9.78 Å². The van der Waals surface area contributed by atoms with Crippen molar-refractivity contribution < 1.29 is 17.7 Å². The Labute approximate surface area is 217 Å². The molecule has 8 nitrogen and oxygen atoms in total. The highest BCUT2D eigenvalue weighted by molar-refractivity contribution is 7.89. The van der Waals surface area contributed by atoms with Crippen LogP contribution < -0.4 is 5.32 Å². The molecule has 192 valence electrons. The van der Waals surface area contributed by atoms with Crippen LogP contribution in [0.25, 0.3) is 12.2 Å². The van der Waals surface area contributed by atoms with E-state index in [1.54, 1.807) is 37.3 Å². The van der Waals surface area contributed by atoms with Gasteiger partial charge in [0.25, 0.3) is 0 Å². The van der Waals surface area contributed by atoms with Crippen molar-refractivity contribution in [2.75, 3.05) is 18.4 Å². The molecule has 3 aromatic rings. The van der Waals surface area contributed by atoms with Gasteiger partial charge in [-0.2, -0.15) is 9.57 Å². The van der Waals surface area contributed by atoms with Crippen LogP contribution in [0.4, 0.5) is 5.69 Å². The van der Waals surface area contributed by atoms with Gasteiger partial charge in [-0.25, -0.2) is 8.42 Å². The SMILES string of the molecule is Cc1cc(C)c(/C=C/c2onc(C)c2S(=O)(=O)N2CCC[C@@H](C(=O)Nc3ccc(C#N)cc3)C2)c(C)c1. The number of hydrogen-bond donors (Lipinski definition) is 1. The Morgan fingerprint density at radius 2 is 1.81 bits per heavy atom. The quantitative estimate of drug-likeness (QED) is 0.491. The number of benzene rings is 2. The van der Waals surface area contributed by atoms with Crippen molar-refractivity contribution in [1.82, 2.24) is 9.46 Å². The monoisotopic (exact) mass is 518 g/mol. The molecule has 1 amide bonds. The van der Waals surface area contributed by atoms with Crippen LogP contribution in [0.2, 0.25) is 0 Å². The van der Waals surface area contributed by atoms with Gasteiger partial charge in [0, 0.05) is 18.8 Å². The number of aromatic nitrogens is 1. The second-order valence-electron chi connectivity index (χ2n) is 9.49. The van der Waals surface area contributed by atoms with Gasteiger partial charge in [-0.3, -0.25) is 4.79 Å². The second-order valence-corrected chi connectivity index (χ2v) is 11.4. The van der Waals surface area contributed by atoms with Crippen molar-refractivity contribution in [2.24, 2.45) is 5.92 Å². The maximum Gasteiger partial charge on any atom is 0.248 e. The molecule has 0 unspecified atom stereocenters. The summed E-state index contributed by atoms with van der Waals surface area (Å²) >= 11 is 0. The largest absolute Gasteiger partial charge is 0.355 e. The fourth-order valence-corrected chi connectivity index (χ4v) is 6.56. The van der Waals surface area contributed by atoms with Crippen molar-refractivity contribution in [3.63, 3.8) is 0 Å². The van der Waals surface area contributed by atoms with Gasteiger partial charge in [-0.05, 0) is 87.6 Å². The second kappa shape index (κ2) is 10.7. The average molecular weight is 519 g/mol. The highest BCUT2D eigenvalue weighted by Crippen LogP contribution is 2.30. The summed E-state index contributed by atoms with van der Waals surface area (Å²) in [5, 5.41) is 15.7. The van der Waals surface area contributed by atoms with E-state index in [1.807, 2.05) is 32.9 Å². The lowest BCUT2D eigenvalue weighted by Gasteiger charge is -2.31. The first kappa shape index (κ1) is 26.3. The minimum Gasteiger partial charge on any atom is -0.355 e. The number of rotatable bonds is 6. The lowest BCUT2D eigenvalue weighted by Crippen LogP contribution is -2.43. The predicted molar refractivity (Wildman–Crippen MR) is 142 cm³/mol. The van der Waals surface area contributed by atoms with E-state index in [1.165, 1.54) is 4.31 Å². The van der Waals surface area contributed by atoms with E-state index in [2.05, 4.69) is 22.6 Å². The van der Waals surface area contributed by atoms with Gasteiger partial charge in [0.1, 0.15) is 5.69 Å². The summed E-state index contributed by atoms with van der Waals surface area (Å²) in [6.45, 7) is 8.05. The molecule has 9 heteroatoms. The molecule has 1 aromatic heterocycles. The normalized spacial score (nSPS) is 16.6. The zero-order valence-electron chi connectivity index (χ0n) is 21.4. The minimum absolute atomic E-state index is 0.0271. The molecule has 1 fully saturated rings. The number of piperidine rings is 1. The highest BCUT2D eigenvalue weighted by Gasteiger charge is 2.37. The third kappa shape index (κ3) is 5.66. The van der Waals surface area contributed by atoms with Crippen LogP contribution in [0.3, 0.4) is 0 Å². The van der Waals surface area contributed by atoms with Gasteiger partial charge in [0.05, 0.1) is 17.6 Å². The molecule has 2 aromatic carbocycles. The van der Waals surface area contributed by atoms with Gasteiger partial charge in [-0.15, -0.1) is 0 Å². The Kier molecular flexibility index (Phi) is 7.62. The van der Waals surface area contributed by atoms with Crippen molar-refractivity contribution in [3.8, 4) is 6.07 Å². The zero-order valence-corrected chi connectivity index (χ0v) is 22.2. The topological polar surface area (TPSA) is 116 Å². The number of sulfonamides is 1. The van der Waals surface area contributed by atoms with Crippen molar-refractivity contribution in [1.29, 1.82) is 5.26 Å². The van der Waals surface area contributed by atoms with E-state index in [0.717, 1.165) is 22.3 Å². The van der Waals surface area contributed by atoms with E-state index in [-0.39, 0.29) is 28.8 Å². The smallest absolute Gasteiger partial charge is 0.248 e. The fraction of sp³-hybridized carbons (Fsp3) is 0.321. The summed E-state index contributed by atoms with van der Waals surface area (Å²) in [7, 11) is -3.95. The molecule has 0 radical (unpaired) electrons. The molecule has 2 heterocycles. The van der Waals surface area contributed by atoms with Crippen molar-refractivity contribution >= 4 is 33.8 Å². The summed E-state index contributed by atoms with van der Waals surface area (Å²) in [6.07, 6.45) is 4.64. The van der Waals surface area contributed by atoms with Crippen LogP contribution in [-0.2, 0) is 14.8 Å². The molecule has 0 saturated carbocycles. The average Bonchev–Trinajstić information content (AvgIpc) is 3.25. The number of anilines is 1. The molecule has 0 bridgehead atoms. The minimum atomic E-state index is -3.95. The van der Waals surface area contributed by atoms with Crippen LogP contribution in [0.15, 0.2) is 45.8 Å². The summed E-state index contributed by atoms with van der Waals surface area (Å²) < 4.78 is 34.2. The zero-order chi connectivity index (χ0) is 26.7. The molecule has 1 atom stereocenters. The summed E-state index contributed by atoms with van der Waals surface area (Å²) in [5.41, 5.74) is 5.67. The third-order valence-electron chi connectivity index (χ3n) is 6.61. The Hall–Kier alpha value is -3.74. The summed E-state index contributed by atoms with van der Waals surface area (Å²) in [5.74, 6) is -0.589. The molecule has 1 aliphatic heterocycles. The van der Waals surface area contributed by atoms with Gasteiger partial charge in [0.2, 0.25) is 15.9 Å². The number of aryl methyl sites for hydroxylation is 4. The first-order valence-corrected chi connectivity index (χ1v) is 13.6. The predicted octanol–water partition coefficient (Wildman–Crippen LogP) is 4.99. The summed E-state index contributed by atoms with van der Waals surface area (Å²) in [6, 6.07) is 12.7. The molecular formula is C28H30N4O4S. The Balaban J connectivity index is 1.55. The van der Waals surface area contributed by atoms with Crippen molar-refractivity contribution in [2.45, 2.75) is 45.4 Å². The number of nitriles is 1. The van der Waals surface area contributed by atoms with E-state index < -0.39 is 15.9 Å². The van der Waals surface area contributed by atoms with Gasteiger partial charge >= 0.3 is 0 Å². The standard InChI is InChI=1S/C28H30N4O4S/c1-18-14-19(2)25(20(3)15-18)11-12-26-27(21(4)31-36-26)37(34,35)32-13-5-6-23(17-32)28(33)30-24-9-7-22(16-29)8-10-24/h7-12,14-15,23H,5-6,13,17H2,1-4H3,(H,30,33)/b12-11+/t23-/m1/s1. The molecule has 1 N–H and O–H groups in total. The Morgan fingerprint density at radius 3 is 2.46 bits per heavy atom. The molecule has 0 spiro atoms. The maximum atomic E-state index is 13.7. The Bertz CT molecular complexity index is 1470. The molecule has 0 aliphatic carbocycles. The molecule has 1 saturated heterocycles. The van der Waals surface area contributed by atoms with Crippen molar-refractivity contribution in [3.05, 3.63) is 75.7 Å². The number of nitrogens with one attached hydrogen (secondary N) is 1. The van der Waals surface area contributed by atoms with Gasteiger partial charge in [-0.1, -0.05) is 28.9 Å². The number of carbonyl (C=O) groups excluding carboxylic acids is 1. The first-order valence-electron chi connectivity index (χ1n) is 12.1. The summed E-state index contributed by atoms with van der Waals surface area (Å²) in [4.78, 5) is 12.9. The van der Waals surface area contributed by atoms with Crippen LogP contribution in [0.1, 0.15) is 52.1 Å². The molecule has 1 aliphatic rings. The molecular weight excluding hydrogens is 488 g/mol. The maximum absolute atomic E-state index is 13.7. The van der Waals surface area contributed by atoms with Crippen LogP contribution in [-0.4, -0.2) is 36.9 Å². The van der Waals surface area contributed by atoms with Crippen LogP contribution in [0, 0.1) is 44.9 Å². The highest BCUT2D eigenvalue weighted by atomic mass is 32.2. The lowest BCUT2D eigenvalue weighted by atomic mass is 9.98. The van der Waals surface area contributed by atoms with E-state index in [9.17, 15) is 13.2 Å². The van der Waals surface area contributed by atoms with Crippen LogP contribution in [0.5, 0.6) is 0 Å². The Morgan fingerprint density at radius 1 is 1.14 bits per heavy atom. The van der Waals surface area contributed by atoms with Gasteiger partial charge in [0.15, 0.2) is 10.7 Å². The van der Waals surface area contributed by atoms with Gasteiger partial charge < -0.3 is 9.84 Å². The number of carbonyl (C=O) groups is 1. The van der Waals surface area contributed by atoms with E-state index in [0.29, 0.717) is 30.6 Å². The molecule has 37 heavy (non-hydrogen) atoms. The third-order valence-corrected chi connectivity index (χ3v) is 8.63.